The van der Waals surface area contributed by atoms with Gasteiger partial charge in [0.05, 0.1) is 34.2 Å². The molecule has 39 heavy (non-hydrogen) atoms. The number of pyridine rings is 1. The highest BCUT2D eigenvalue weighted by atomic mass is 32.2. The summed E-state index contributed by atoms with van der Waals surface area (Å²) >= 11 is 0. The molecule has 1 saturated carbocycles. The van der Waals surface area contributed by atoms with Crippen LogP contribution < -0.4 is 5.32 Å². The van der Waals surface area contributed by atoms with Crippen LogP contribution in [0.1, 0.15) is 48.2 Å². The Labute approximate surface area is 228 Å². The van der Waals surface area contributed by atoms with Crippen LogP contribution in [0.25, 0.3) is 0 Å². The second kappa shape index (κ2) is 10.8. The van der Waals surface area contributed by atoms with Gasteiger partial charge in [-0.1, -0.05) is 48.5 Å². The maximum Gasteiger partial charge on any atom is 0.243 e. The van der Waals surface area contributed by atoms with E-state index in [9.17, 15) is 13.2 Å². The molecule has 0 spiro atoms. The van der Waals surface area contributed by atoms with Crippen LogP contribution in [-0.4, -0.2) is 23.6 Å². The van der Waals surface area contributed by atoms with Crippen molar-refractivity contribution in [2.24, 2.45) is 0 Å². The van der Waals surface area contributed by atoms with Crippen molar-refractivity contribution in [1.82, 2.24) is 9.29 Å². The molecule has 1 aliphatic rings. The lowest BCUT2D eigenvalue weighted by Gasteiger charge is -2.29. The van der Waals surface area contributed by atoms with Crippen LogP contribution in [0.4, 0.5) is 5.69 Å². The van der Waals surface area contributed by atoms with Crippen molar-refractivity contribution in [2.45, 2.75) is 42.7 Å². The fraction of sp³-hybridized carbons (Fsp3) is 0.194. The highest BCUT2D eigenvalue weighted by molar-refractivity contribution is 7.89. The van der Waals surface area contributed by atoms with E-state index in [4.69, 9.17) is 5.26 Å². The average molecular weight is 537 g/mol. The largest absolute Gasteiger partial charge is 0.325 e. The molecule has 1 aliphatic carbocycles. The number of rotatable bonds is 9. The van der Waals surface area contributed by atoms with E-state index in [1.165, 1.54) is 28.6 Å². The third-order valence-electron chi connectivity index (χ3n) is 7.23. The van der Waals surface area contributed by atoms with Crippen molar-refractivity contribution in [3.63, 3.8) is 0 Å². The second-order valence-electron chi connectivity index (χ2n) is 9.71. The van der Waals surface area contributed by atoms with E-state index >= 15 is 0 Å². The number of nitrogens with zero attached hydrogens (tertiary/aromatic N) is 3. The number of amides is 1. The van der Waals surface area contributed by atoms with Crippen LogP contribution in [0.3, 0.4) is 0 Å². The molecule has 5 rings (SSSR count). The molecule has 1 aromatic heterocycles. The van der Waals surface area contributed by atoms with Gasteiger partial charge in [0, 0.05) is 17.9 Å². The summed E-state index contributed by atoms with van der Waals surface area (Å²) in [6, 6.07) is 29.8. The number of nitriles is 1. The van der Waals surface area contributed by atoms with Crippen LogP contribution in [0.5, 0.6) is 0 Å². The standard InChI is InChI=1S/C31H28N4O3S/c1-23(25-12-14-27(15-13-25)34-30(36)31(18-19-31)26-7-3-2-4-8-26)35(22-28-9-5-6-20-33-28)39(37,38)29-16-10-24(21-32)11-17-29/h2-17,20,23H,18-19,22H2,1H3,(H,34,36)/t23-/m1/s1. The number of benzene rings is 3. The average Bonchev–Trinajstić information content (AvgIpc) is 3.79. The lowest BCUT2D eigenvalue weighted by molar-refractivity contribution is -0.118. The van der Waals surface area contributed by atoms with Crippen molar-refractivity contribution in [2.75, 3.05) is 5.32 Å². The maximum atomic E-state index is 13.8. The molecule has 0 radical (unpaired) electrons. The molecule has 196 valence electrons. The Morgan fingerprint density at radius 2 is 1.64 bits per heavy atom. The molecule has 1 N–H and O–H groups in total. The van der Waals surface area contributed by atoms with E-state index in [-0.39, 0.29) is 17.3 Å². The van der Waals surface area contributed by atoms with E-state index in [1.54, 1.807) is 30.5 Å². The fourth-order valence-corrected chi connectivity index (χ4v) is 6.30. The Hall–Kier alpha value is -4.32. The van der Waals surface area contributed by atoms with E-state index in [1.807, 2.05) is 61.5 Å². The minimum atomic E-state index is -3.93. The van der Waals surface area contributed by atoms with Crippen molar-refractivity contribution in [1.29, 1.82) is 5.26 Å². The third-order valence-corrected chi connectivity index (χ3v) is 9.16. The van der Waals surface area contributed by atoms with Gasteiger partial charge in [-0.15, -0.1) is 0 Å². The van der Waals surface area contributed by atoms with Gasteiger partial charge in [-0.3, -0.25) is 9.78 Å². The normalized spacial score (nSPS) is 14.8. The Balaban J connectivity index is 1.39. The van der Waals surface area contributed by atoms with Crippen LogP contribution in [-0.2, 0) is 26.8 Å². The van der Waals surface area contributed by atoms with Crippen molar-refractivity contribution in [3.8, 4) is 6.07 Å². The van der Waals surface area contributed by atoms with Gasteiger partial charge in [0.1, 0.15) is 0 Å². The number of anilines is 1. The molecule has 1 heterocycles. The second-order valence-corrected chi connectivity index (χ2v) is 11.6. The van der Waals surface area contributed by atoms with Gasteiger partial charge in [-0.2, -0.15) is 9.57 Å². The van der Waals surface area contributed by atoms with Crippen molar-refractivity contribution >= 4 is 21.6 Å². The molecule has 1 atom stereocenters. The number of nitrogens with one attached hydrogen (secondary N) is 1. The molecule has 1 amide bonds. The topological polar surface area (TPSA) is 103 Å². The summed E-state index contributed by atoms with van der Waals surface area (Å²) in [4.78, 5) is 17.6. The molecule has 0 bridgehead atoms. The first-order valence-corrected chi connectivity index (χ1v) is 14.2. The molecule has 8 heteroatoms. The lowest BCUT2D eigenvalue weighted by Crippen LogP contribution is -2.33. The first-order valence-electron chi connectivity index (χ1n) is 12.7. The van der Waals surface area contributed by atoms with Crippen LogP contribution in [0.15, 0.2) is 108 Å². The quantitative estimate of drug-likeness (QED) is 0.301. The zero-order valence-electron chi connectivity index (χ0n) is 21.5. The lowest BCUT2D eigenvalue weighted by atomic mass is 9.95. The van der Waals surface area contributed by atoms with Gasteiger partial charge in [-0.25, -0.2) is 8.42 Å². The molecule has 0 aliphatic heterocycles. The van der Waals surface area contributed by atoms with Gasteiger partial charge in [0.25, 0.3) is 0 Å². The predicted octanol–water partition coefficient (Wildman–Crippen LogP) is 5.58. The fourth-order valence-electron chi connectivity index (χ4n) is 4.71. The highest BCUT2D eigenvalue weighted by Crippen LogP contribution is 2.49. The van der Waals surface area contributed by atoms with Gasteiger partial charge >= 0.3 is 0 Å². The van der Waals surface area contributed by atoms with Gasteiger partial charge in [0.2, 0.25) is 15.9 Å². The van der Waals surface area contributed by atoms with E-state index in [2.05, 4.69) is 10.3 Å². The Bertz CT molecular complexity index is 1590. The molecule has 4 aromatic rings. The summed E-state index contributed by atoms with van der Waals surface area (Å²) in [6.45, 7) is 1.90. The van der Waals surface area contributed by atoms with E-state index < -0.39 is 21.5 Å². The first kappa shape index (κ1) is 26.3. The first-order chi connectivity index (χ1) is 18.8. The minimum Gasteiger partial charge on any atom is -0.325 e. The van der Waals surface area contributed by atoms with E-state index in [0.717, 1.165) is 24.0 Å². The Morgan fingerprint density at radius 3 is 2.23 bits per heavy atom. The summed E-state index contributed by atoms with van der Waals surface area (Å²) in [5.41, 5.74) is 2.96. The minimum absolute atomic E-state index is 0.0327. The Morgan fingerprint density at radius 1 is 0.974 bits per heavy atom. The number of sulfonamides is 1. The molecule has 7 nitrogen and oxygen atoms in total. The molecule has 1 fully saturated rings. The monoisotopic (exact) mass is 536 g/mol. The number of hydrogen-bond acceptors (Lipinski definition) is 5. The van der Waals surface area contributed by atoms with Gasteiger partial charge in [-0.05, 0) is 79.4 Å². The maximum absolute atomic E-state index is 13.8. The zero-order valence-corrected chi connectivity index (χ0v) is 22.3. The van der Waals surface area contributed by atoms with Crippen LogP contribution in [0, 0.1) is 11.3 Å². The summed E-state index contributed by atoms with van der Waals surface area (Å²) in [5.74, 6) is -0.0327. The summed E-state index contributed by atoms with van der Waals surface area (Å²) in [6.07, 6.45) is 3.26. The van der Waals surface area contributed by atoms with Crippen LogP contribution >= 0.6 is 0 Å². The molecular weight excluding hydrogens is 508 g/mol. The van der Waals surface area contributed by atoms with Crippen LogP contribution in [0.2, 0.25) is 0 Å². The number of carbonyl (C=O) groups excluding carboxylic acids is 1. The summed E-state index contributed by atoms with van der Waals surface area (Å²) in [5, 5.41) is 12.1. The molecule has 0 unspecified atom stereocenters. The summed E-state index contributed by atoms with van der Waals surface area (Å²) < 4.78 is 28.9. The smallest absolute Gasteiger partial charge is 0.243 e. The number of aromatic nitrogens is 1. The molecular formula is C31H28N4O3S. The zero-order chi connectivity index (χ0) is 27.5. The van der Waals surface area contributed by atoms with Crippen molar-refractivity contribution < 1.29 is 13.2 Å². The number of carbonyl (C=O) groups is 1. The van der Waals surface area contributed by atoms with Gasteiger partial charge in [0.15, 0.2) is 0 Å². The predicted molar refractivity (Wildman–Crippen MR) is 149 cm³/mol. The highest BCUT2D eigenvalue weighted by Gasteiger charge is 2.51. The third kappa shape index (κ3) is 5.46. The molecule has 0 saturated heterocycles. The van der Waals surface area contributed by atoms with Gasteiger partial charge < -0.3 is 5.32 Å². The molecule has 3 aromatic carbocycles. The Kier molecular flexibility index (Phi) is 7.29. The SMILES string of the molecule is C[C@H](c1ccc(NC(=O)C2(c3ccccc3)CC2)cc1)N(Cc1ccccn1)S(=O)(=O)c1ccc(C#N)cc1. The summed E-state index contributed by atoms with van der Waals surface area (Å²) in [7, 11) is -3.93. The number of hydrogen-bond donors (Lipinski definition) is 1. The van der Waals surface area contributed by atoms with E-state index in [0.29, 0.717) is 16.9 Å². The van der Waals surface area contributed by atoms with Crippen molar-refractivity contribution in [3.05, 3.63) is 126 Å².